The summed E-state index contributed by atoms with van der Waals surface area (Å²) in [7, 11) is 0. The molecule has 0 bridgehead atoms. The zero-order valence-corrected chi connectivity index (χ0v) is 18.6. The third kappa shape index (κ3) is 5.32. The summed E-state index contributed by atoms with van der Waals surface area (Å²) in [6.45, 7) is 3.68. The number of nitrogens with one attached hydrogen (secondary N) is 1. The van der Waals surface area contributed by atoms with Crippen molar-refractivity contribution >= 4 is 28.2 Å². The van der Waals surface area contributed by atoms with E-state index in [2.05, 4.69) is 83.2 Å². The molecule has 0 spiro atoms. The Kier molecular flexibility index (Phi) is 6.97. The largest absolute Gasteiger partial charge is 0.374 e. The van der Waals surface area contributed by atoms with Crippen LogP contribution >= 0.6 is 11.6 Å². The second kappa shape index (κ2) is 10.2. The third-order valence-electron chi connectivity index (χ3n) is 5.55. The van der Waals surface area contributed by atoms with Crippen molar-refractivity contribution in [3.8, 4) is 11.8 Å². The SMILES string of the molecule is CCn1c(C#CCNc2ccc(Cl)cc2)cc2c(CCCc3ccccc3)cccc21. The molecular weight excluding hydrogens is 400 g/mol. The molecule has 1 N–H and O–H groups in total. The van der Waals surface area contributed by atoms with Crippen molar-refractivity contribution < 1.29 is 0 Å². The fourth-order valence-corrected chi connectivity index (χ4v) is 4.11. The van der Waals surface area contributed by atoms with Gasteiger partial charge in [-0.15, -0.1) is 0 Å². The normalized spacial score (nSPS) is 10.6. The van der Waals surface area contributed by atoms with Crippen LogP contribution in [-0.2, 0) is 19.4 Å². The van der Waals surface area contributed by atoms with Crippen LogP contribution in [-0.4, -0.2) is 11.1 Å². The van der Waals surface area contributed by atoms with Crippen LogP contribution in [0.5, 0.6) is 0 Å². The molecule has 1 aromatic heterocycles. The first-order chi connectivity index (χ1) is 15.2. The van der Waals surface area contributed by atoms with Gasteiger partial charge >= 0.3 is 0 Å². The summed E-state index contributed by atoms with van der Waals surface area (Å²) in [6, 6.07) is 27.3. The second-order valence-corrected chi connectivity index (χ2v) is 8.06. The number of anilines is 1. The summed E-state index contributed by atoms with van der Waals surface area (Å²) >= 11 is 5.94. The van der Waals surface area contributed by atoms with E-state index in [-0.39, 0.29) is 0 Å². The van der Waals surface area contributed by atoms with Crippen LogP contribution in [0.1, 0.15) is 30.2 Å². The summed E-state index contributed by atoms with van der Waals surface area (Å²) < 4.78 is 2.31. The van der Waals surface area contributed by atoms with E-state index in [0.717, 1.165) is 42.2 Å². The van der Waals surface area contributed by atoms with Crippen LogP contribution in [0.25, 0.3) is 10.9 Å². The summed E-state index contributed by atoms with van der Waals surface area (Å²) in [5.41, 5.74) is 6.18. The number of hydrogen-bond acceptors (Lipinski definition) is 1. The van der Waals surface area contributed by atoms with E-state index in [4.69, 9.17) is 11.6 Å². The first-order valence-corrected chi connectivity index (χ1v) is 11.3. The molecule has 0 aliphatic carbocycles. The molecule has 0 amide bonds. The highest BCUT2D eigenvalue weighted by atomic mass is 35.5. The highest BCUT2D eigenvalue weighted by Gasteiger charge is 2.09. The second-order valence-electron chi connectivity index (χ2n) is 7.63. The van der Waals surface area contributed by atoms with Crippen LogP contribution in [0.2, 0.25) is 5.02 Å². The molecule has 0 saturated heterocycles. The summed E-state index contributed by atoms with van der Waals surface area (Å²) in [4.78, 5) is 0. The molecule has 0 aliphatic rings. The molecule has 0 aliphatic heterocycles. The lowest BCUT2D eigenvalue weighted by Crippen LogP contribution is -2.00. The van der Waals surface area contributed by atoms with Gasteiger partial charge in [0.15, 0.2) is 0 Å². The molecule has 4 aromatic rings. The van der Waals surface area contributed by atoms with E-state index in [9.17, 15) is 0 Å². The Labute approximate surface area is 189 Å². The van der Waals surface area contributed by atoms with Crippen molar-refractivity contribution in [2.24, 2.45) is 0 Å². The van der Waals surface area contributed by atoms with E-state index in [1.54, 1.807) is 0 Å². The van der Waals surface area contributed by atoms with Crippen LogP contribution in [0.15, 0.2) is 78.9 Å². The summed E-state index contributed by atoms with van der Waals surface area (Å²) in [5.74, 6) is 6.64. The Balaban J connectivity index is 1.48. The minimum atomic E-state index is 0.594. The molecule has 0 atom stereocenters. The van der Waals surface area contributed by atoms with Gasteiger partial charge in [-0.25, -0.2) is 0 Å². The van der Waals surface area contributed by atoms with Gasteiger partial charge in [0.2, 0.25) is 0 Å². The molecule has 1 heterocycles. The Hall–Kier alpha value is -3.15. The highest BCUT2D eigenvalue weighted by Crippen LogP contribution is 2.25. The van der Waals surface area contributed by atoms with E-state index in [1.165, 1.54) is 22.0 Å². The molecule has 3 aromatic carbocycles. The quantitative estimate of drug-likeness (QED) is 0.316. The van der Waals surface area contributed by atoms with Crippen molar-refractivity contribution in [1.82, 2.24) is 4.57 Å². The number of rotatable bonds is 7. The maximum atomic E-state index is 5.94. The van der Waals surface area contributed by atoms with Crippen LogP contribution in [0, 0.1) is 11.8 Å². The van der Waals surface area contributed by atoms with E-state index in [0.29, 0.717) is 6.54 Å². The Morgan fingerprint density at radius 2 is 1.71 bits per heavy atom. The van der Waals surface area contributed by atoms with Gasteiger partial charge in [0, 0.05) is 28.2 Å². The maximum Gasteiger partial charge on any atom is 0.0931 e. The van der Waals surface area contributed by atoms with Crippen molar-refractivity contribution in [2.75, 3.05) is 11.9 Å². The number of aromatic nitrogens is 1. The fraction of sp³-hybridized carbons (Fsp3) is 0.214. The average molecular weight is 427 g/mol. The molecule has 2 nitrogen and oxygen atoms in total. The van der Waals surface area contributed by atoms with Crippen LogP contribution in [0.4, 0.5) is 5.69 Å². The molecule has 0 saturated carbocycles. The zero-order valence-electron chi connectivity index (χ0n) is 17.9. The van der Waals surface area contributed by atoms with E-state index >= 15 is 0 Å². The Morgan fingerprint density at radius 1 is 0.903 bits per heavy atom. The molecule has 3 heteroatoms. The van der Waals surface area contributed by atoms with Gasteiger partial charge < -0.3 is 9.88 Å². The first kappa shape index (κ1) is 21.1. The number of halogens is 1. The lowest BCUT2D eigenvalue weighted by atomic mass is 10.0. The van der Waals surface area contributed by atoms with Crippen LogP contribution in [0.3, 0.4) is 0 Å². The number of nitrogens with zero attached hydrogens (tertiary/aromatic N) is 1. The Morgan fingerprint density at radius 3 is 2.48 bits per heavy atom. The lowest BCUT2D eigenvalue weighted by molar-refractivity contribution is 0.786. The molecule has 0 fully saturated rings. The lowest BCUT2D eigenvalue weighted by Gasteiger charge is -2.06. The predicted octanol–water partition coefficient (Wildman–Crippen LogP) is 6.95. The number of fused-ring (bicyclic) bond motifs is 1. The summed E-state index contributed by atoms with van der Waals surface area (Å²) in [5, 5.41) is 5.39. The van der Waals surface area contributed by atoms with Gasteiger partial charge in [0.1, 0.15) is 0 Å². The van der Waals surface area contributed by atoms with Gasteiger partial charge in [-0.05, 0) is 79.6 Å². The van der Waals surface area contributed by atoms with Gasteiger partial charge in [-0.3, -0.25) is 0 Å². The first-order valence-electron chi connectivity index (χ1n) is 10.9. The highest BCUT2D eigenvalue weighted by molar-refractivity contribution is 6.30. The van der Waals surface area contributed by atoms with Crippen molar-refractivity contribution in [3.63, 3.8) is 0 Å². The average Bonchev–Trinajstić information content (AvgIpc) is 3.17. The molecule has 0 unspecified atom stereocenters. The molecular formula is C28H27ClN2. The Bertz CT molecular complexity index is 1190. The minimum Gasteiger partial charge on any atom is -0.374 e. The molecule has 156 valence electrons. The van der Waals surface area contributed by atoms with E-state index in [1.807, 2.05) is 24.3 Å². The number of hydrogen-bond donors (Lipinski definition) is 1. The molecule has 4 rings (SSSR count). The molecule has 31 heavy (non-hydrogen) atoms. The third-order valence-corrected chi connectivity index (χ3v) is 5.80. The predicted molar refractivity (Wildman–Crippen MR) is 133 cm³/mol. The van der Waals surface area contributed by atoms with E-state index < -0.39 is 0 Å². The topological polar surface area (TPSA) is 17.0 Å². The van der Waals surface area contributed by atoms with Crippen molar-refractivity contribution in [2.45, 2.75) is 32.7 Å². The van der Waals surface area contributed by atoms with Crippen LogP contribution < -0.4 is 5.32 Å². The van der Waals surface area contributed by atoms with Crippen molar-refractivity contribution in [1.29, 1.82) is 0 Å². The number of benzene rings is 3. The maximum absolute atomic E-state index is 5.94. The smallest absolute Gasteiger partial charge is 0.0931 e. The van der Waals surface area contributed by atoms with Crippen molar-refractivity contribution in [3.05, 3.63) is 101 Å². The van der Waals surface area contributed by atoms with Gasteiger partial charge in [0.25, 0.3) is 0 Å². The fourth-order valence-electron chi connectivity index (χ4n) is 3.98. The summed E-state index contributed by atoms with van der Waals surface area (Å²) in [6.07, 6.45) is 3.33. The van der Waals surface area contributed by atoms with Gasteiger partial charge in [-0.2, -0.15) is 0 Å². The van der Waals surface area contributed by atoms with Gasteiger partial charge in [-0.1, -0.05) is 60.0 Å². The molecule has 0 radical (unpaired) electrons. The standard InChI is InChI=1S/C28H27ClN2/c1-2-31-26(14-8-20-30-25-18-16-24(29)17-19-25)21-27-23(13-7-15-28(27)31)12-6-11-22-9-4-3-5-10-22/h3-5,7,9-10,13,15-19,21,30H,2,6,11-12,20H2,1H3. The zero-order chi connectivity index (χ0) is 21.5. The minimum absolute atomic E-state index is 0.594. The monoisotopic (exact) mass is 426 g/mol. The number of aryl methyl sites for hydroxylation is 3. The van der Waals surface area contributed by atoms with Gasteiger partial charge in [0.05, 0.1) is 12.2 Å².